The summed E-state index contributed by atoms with van der Waals surface area (Å²) >= 11 is 0. The quantitative estimate of drug-likeness (QED) is 0.135. The summed E-state index contributed by atoms with van der Waals surface area (Å²) in [5.74, 6) is -1.78. The van der Waals surface area contributed by atoms with Crippen LogP contribution in [-0.2, 0) is 49.2 Å². The van der Waals surface area contributed by atoms with E-state index in [0.717, 1.165) is 30.5 Å². The van der Waals surface area contributed by atoms with Crippen molar-refractivity contribution in [3.8, 4) is 0 Å². The van der Waals surface area contributed by atoms with Crippen molar-refractivity contribution < 1.29 is 47.9 Å². The van der Waals surface area contributed by atoms with Gasteiger partial charge in [-0.1, -0.05) is 39.3 Å². The number of H-pyrrole nitrogens is 1. The molecule has 12 nitrogen and oxygen atoms in total. The highest BCUT2D eigenvalue weighted by atomic mass is 16.6. The van der Waals surface area contributed by atoms with Crippen LogP contribution in [0.4, 0.5) is 0 Å². The van der Waals surface area contributed by atoms with Gasteiger partial charge in [0.15, 0.2) is 18.3 Å². The van der Waals surface area contributed by atoms with Crippen LogP contribution in [0.15, 0.2) is 51.6 Å². The Hall–Kier alpha value is -3.74. The van der Waals surface area contributed by atoms with E-state index in [2.05, 4.69) is 31.8 Å². The molecule has 5 heterocycles. The molecule has 4 aliphatic heterocycles. The number of aromatic amines is 1. The molecule has 0 saturated carbocycles. The maximum atomic E-state index is 13.8. The van der Waals surface area contributed by atoms with Gasteiger partial charge in [-0.2, -0.15) is 0 Å². The molecule has 53 heavy (non-hydrogen) atoms. The van der Waals surface area contributed by atoms with Crippen LogP contribution in [0.2, 0.25) is 0 Å². The van der Waals surface area contributed by atoms with Gasteiger partial charge in [0.1, 0.15) is 23.8 Å². The number of cyclic esters (lactones) is 1. The second-order valence-electron chi connectivity index (χ2n) is 16.0. The largest absolute Gasteiger partial charge is 0.467 e. The Morgan fingerprint density at radius 2 is 1.87 bits per heavy atom. The predicted octanol–water partition coefficient (Wildman–Crippen LogP) is 5.58. The highest BCUT2D eigenvalue weighted by Gasteiger charge is 2.57. The Kier molecular flexibility index (Phi) is 13.4. The summed E-state index contributed by atoms with van der Waals surface area (Å²) in [6, 6.07) is 3.36. The van der Waals surface area contributed by atoms with Gasteiger partial charge in [0.2, 0.25) is 5.90 Å². The van der Waals surface area contributed by atoms with Gasteiger partial charge >= 0.3 is 17.9 Å². The lowest BCUT2D eigenvalue weighted by molar-refractivity contribution is -0.164. The molecule has 1 aromatic rings. The first-order valence-corrected chi connectivity index (χ1v) is 19.0. The molecule has 4 bridgehead atoms. The first kappa shape index (κ1) is 40.4. The molecule has 12 heteroatoms. The number of methoxy groups -OCH3 is 1. The zero-order valence-electron chi connectivity index (χ0n) is 32.6. The van der Waals surface area contributed by atoms with Crippen molar-refractivity contribution >= 4 is 23.8 Å². The highest BCUT2D eigenvalue weighted by molar-refractivity contribution is 5.94. The number of nitrogens with zero attached hydrogens (tertiary/aromatic N) is 1. The number of hydrogen-bond acceptors (Lipinski definition) is 11. The van der Waals surface area contributed by atoms with Crippen LogP contribution in [0.25, 0.3) is 0 Å². The molecule has 2 N–H and O–H groups in total. The van der Waals surface area contributed by atoms with Gasteiger partial charge < -0.3 is 38.5 Å². The number of aliphatic imine (C=N–C) groups is 1. The van der Waals surface area contributed by atoms with Crippen LogP contribution >= 0.6 is 0 Å². The Bertz CT molecular complexity index is 1620. The maximum Gasteiger partial charge on any atom is 0.318 e. The lowest BCUT2D eigenvalue weighted by Gasteiger charge is -2.28. The first-order valence-electron chi connectivity index (χ1n) is 19.0. The average molecular weight is 739 g/mol. The normalized spacial score (nSPS) is 32.4. The number of rotatable bonds is 10. The summed E-state index contributed by atoms with van der Waals surface area (Å²) < 4.78 is 35.7. The van der Waals surface area contributed by atoms with Crippen LogP contribution in [0.1, 0.15) is 92.0 Å². The van der Waals surface area contributed by atoms with Gasteiger partial charge in [-0.05, 0) is 93.2 Å². The van der Waals surface area contributed by atoms with Crippen molar-refractivity contribution in [2.24, 2.45) is 28.2 Å². The van der Waals surface area contributed by atoms with E-state index in [4.69, 9.17) is 33.4 Å². The van der Waals surface area contributed by atoms with Crippen LogP contribution in [0.5, 0.6) is 0 Å². The summed E-state index contributed by atoms with van der Waals surface area (Å²) in [6.45, 7) is 14.3. The van der Waals surface area contributed by atoms with Crippen LogP contribution in [0, 0.1) is 23.2 Å². The van der Waals surface area contributed by atoms with Gasteiger partial charge in [0, 0.05) is 25.8 Å². The third kappa shape index (κ3) is 9.50. The zero-order chi connectivity index (χ0) is 38.4. The number of esters is 3. The number of allylic oxidation sites excluding steroid dienone is 2. The number of aromatic nitrogens is 1. The number of carbonyl (C=O) groups excluding carboxylic acids is 3. The third-order valence-corrected chi connectivity index (χ3v) is 10.6. The molecule has 0 radical (unpaired) electrons. The Morgan fingerprint density at radius 1 is 1.11 bits per heavy atom. The summed E-state index contributed by atoms with van der Waals surface area (Å²) in [4.78, 5) is 48.7. The minimum absolute atomic E-state index is 0.0741. The van der Waals surface area contributed by atoms with E-state index < -0.39 is 60.2 Å². The van der Waals surface area contributed by atoms with E-state index >= 15 is 0 Å². The van der Waals surface area contributed by atoms with Crippen molar-refractivity contribution in [2.75, 3.05) is 33.5 Å². The molecule has 0 amide bonds. The second kappa shape index (κ2) is 17.6. The molecule has 7 atom stereocenters. The molecule has 1 aromatic heterocycles. The molecule has 0 unspecified atom stereocenters. The number of aliphatic hydroxyl groups excluding tert-OH is 1. The van der Waals surface area contributed by atoms with Gasteiger partial charge in [0.05, 0.1) is 31.7 Å². The lowest BCUT2D eigenvalue weighted by atomic mass is 9.83. The van der Waals surface area contributed by atoms with E-state index in [-0.39, 0.29) is 25.0 Å². The standard InChI is InChI=1S/C41H58N2O10/c1-23(2)16-27-18-35(45)52-37-36(53-40(47)41(37,7)22-44)26(6)11-12-28-13-14-31(42-28)38-43-32(34(51-38)21-50-39(27)46)19-29-30(25(5)10-9-15-48-8)20-49-33(29)17-24(3)4/h11,13-14,19,23-24,27,32-34,36-37,42,44H,9-10,12,15-18,20-22H2,1-8H3/b26-11+,29-19-,30-25?/t27-,32-,33-,34-,36+,37-,41+/m0/s1. The number of hydrogen-bond donors (Lipinski definition) is 2. The van der Waals surface area contributed by atoms with E-state index in [9.17, 15) is 19.5 Å². The van der Waals surface area contributed by atoms with E-state index in [1.54, 1.807) is 14.0 Å². The van der Waals surface area contributed by atoms with Crippen LogP contribution < -0.4 is 0 Å². The molecule has 0 aliphatic carbocycles. The highest BCUT2D eigenvalue weighted by Crippen LogP contribution is 2.40. The summed E-state index contributed by atoms with van der Waals surface area (Å²) in [5.41, 5.74) is 4.26. The fourth-order valence-electron chi connectivity index (χ4n) is 7.46. The molecule has 4 aliphatic rings. The summed E-state index contributed by atoms with van der Waals surface area (Å²) in [5, 5.41) is 10.3. The summed E-state index contributed by atoms with van der Waals surface area (Å²) in [6.07, 6.45) is 4.56. The van der Waals surface area contributed by atoms with E-state index in [1.165, 1.54) is 18.1 Å². The Morgan fingerprint density at radius 3 is 2.57 bits per heavy atom. The molecule has 2 fully saturated rings. The smallest absolute Gasteiger partial charge is 0.318 e. The molecular weight excluding hydrogens is 680 g/mol. The summed E-state index contributed by atoms with van der Waals surface area (Å²) in [7, 11) is 1.71. The molecule has 5 rings (SSSR count). The van der Waals surface area contributed by atoms with Gasteiger partial charge in [-0.25, -0.2) is 4.99 Å². The topological polar surface area (TPSA) is 155 Å². The zero-order valence-corrected chi connectivity index (χ0v) is 32.6. The predicted molar refractivity (Wildman–Crippen MR) is 198 cm³/mol. The minimum Gasteiger partial charge on any atom is -0.467 e. The van der Waals surface area contributed by atoms with Gasteiger partial charge in [-0.3, -0.25) is 14.4 Å². The minimum atomic E-state index is -1.46. The number of fused-ring (bicyclic) bond motifs is 6. The number of aliphatic hydroxyl groups is 1. The third-order valence-electron chi connectivity index (χ3n) is 10.6. The number of ether oxygens (including phenoxy) is 6. The molecule has 0 aromatic carbocycles. The van der Waals surface area contributed by atoms with Gasteiger partial charge in [-0.15, -0.1) is 0 Å². The van der Waals surface area contributed by atoms with E-state index in [1.807, 2.05) is 32.1 Å². The number of carbonyl (C=O) groups is 3. The van der Waals surface area contributed by atoms with Crippen LogP contribution in [-0.4, -0.2) is 97.9 Å². The number of nitrogens with one attached hydrogen (secondary N) is 1. The second-order valence-corrected chi connectivity index (χ2v) is 16.0. The average Bonchev–Trinajstić information content (AvgIpc) is 3.89. The fraction of sp³-hybridized carbons (Fsp3) is 0.659. The maximum absolute atomic E-state index is 13.8. The molecule has 2 saturated heterocycles. The fourth-order valence-corrected chi connectivity index (χ4v) is 7.46. The molecule has 292 valence electrons. The molecule has 0 spiro atoms. The van der Waals surface area contributed by atoms with Crippen LogP contribution in [0.3, 0.4) is 0 Å². The van der Waals surface area contributed by atoms with Crippen molar-refractivity contribution in [2.45, 2.75) is 117 Å². The Labute approximate surface area is 313 Å². The Balaban J connectivity index is 1.52. The molecular formula is C41H58N2O10. The lowest BCUT2D eigenvalue weighted by Crippen LogP contribution is -2.43. The van der Waals surface area contributed by atoms with Crippen molar-refractivity contribution in [1.29, 1.82) is 0 Å². The van der Waals surface area contributed by atoms with Crippen molar-refractivity contribution in [3.05, 3.63) is 58.0 Å². The van der Waals surface area contributed by atoms with E-state index in [0.29, 0.717) is 49.1 Å². The van der Waals surface area contributed by atoms with Crippen molar-refractivity contribution in [3.63, 3.8) is 0 Å². The first-order chi connectivity index (χ1) is 25.2. The van der Waals surface area contributed by atoms with Crippen molar-refractivity contribution in [1.82, 2.24) is 4.98 Å². The van der Waals surface area contributed by atoms with Gasteiger partial charge in [0.25, 0.3) is 0 Å². The monoisotopic (exact) mass is 738 g/mol. The SMILES string of the molecule is COCCCC(C)=C1CO[C@@H](CC(C)C)/C1=C\[C@@H]1N=C2O[C@H]1COC(=O)[C@@H](CC(C)C)CC(=O)O[C@H]1[C@H](OC(=O)[C@]1(C)CO)/C(C)=C/Cc1ccc2[nH]1.